The molecule has 0 saturated carbocycles. The number of hydrogen-bond donors (Lipinski definition) is 1. The van der Waals surface area contributed by atoms with Crippen LogP contribution < -0.4 is 10.1 Å². The molecule has 2 aromatic rings. The van der Waals surface area contributed by atoms with Crippen LogP contribution in [0.5, 0.6) is 5.75 Å². The average Bonchev–Trinajstić information content (AvgIpc) is 2.39. The second-order valence-corrected chi connectivity index (χ2v) is 3.56. The molecule has 0 bridgehead atoms. The van der Waals surface area contributed by atoms with Crippen LogP contribution in [-0.4, -0.2) is 29.1 Å². The van der Waals surface area contributed by atoms with Gasteiger partial charge in [0, 0.05) is 24.4 Å². The van der Waals surface area contributed by atoms with E-state index in [-0.39, 0.29) is 0 Å². The number of ether oxygens (including phenoxy) is 1. The van der Waals surface area contributed by atoms with E-state index in [1.165, 1.54) is 6.33 Å². The van der Waals surface area contributed by atoms with Crippen LogP contribution in [-0.2, 0) is 0 Å². The van der Waals surface area contributed by atoms with Crippen LogP contribution in [0.2, 0.25) is 0 Å². The van der Waals surface area contributed by atoms with Crippen molar-refractivity contribution in [3.8, 4) is 17.0 Å². The maximum Gasteiger partial charge on any atom is 0.137 e. The van der Waals surface area contributed by atoms with Crippen LogP contribution in [0.4, 0.5) is 5.82 Å². The fourth-order valence-electron chi connectivity index (χ4n) is 1.65. The molecule has 0 saturated heterocycles. The SMILES string of the molecule is CNc1ncnc(-c2cncc(OC)c2)c1C. The minimum Gasteiger partial charge on any atom is -0.495 e. The summed E-state index contributed by atoms with van der Waals surface area (Å²) in [6, 6.07) is 1.90. The van der Waals surface area contributed by atoms with Crippen LogP contribution in [0, 0.1) is 6.92 Å². The second-order valence-electron chi connectivity index (χ2n) is 3.56. The van der Waals surface area contributed by atoms with Gasteiger partial charge in [0.2, 0.25) is 0 Å². The first-order chi connectivity index (χ1) is 8.26. The Labute approximate surface area is 99.9 Å². The first-order valence-electron chi connectivity index (χ1n) is 5.25. The van der Waals surface area contributed by atoms with Gasteiger partial charge in [0.15, 0.2) is 0 Å². The summed E-state index contributed by atoms with van der Waals surface area (Å²) in [5.74, 6) is 1.53. The van der Waals surface area contributed by atoms with E-state index in [1.807, 2.05) is 20.0 Å². The standard InChI is InChI=1S/C12H14N4O/c1-8-11(15-7-16-12(8)13-2)9-4-10(17-3)6-14-5-9/h4-7H,1-3H3,(H,13,15,16). The summed E-state index contributed by atoms with van der Waals surface area (Å²) in [6.07, 6.45) is 4.96. The highest BCUT2D eigenvalue weighted by atomic mass is 16.5. The zero-order chi connectivity index (χ0) is 12.3. The minimum atomic E-state index is 0.714. The van der Waals surface area contributed by atoms with E-state index in [0.29, 0.717) is 5.75 Å². The van der Waals surface area contributed by atoms with Gasteiger partial charge in [-0.05, 0) is 13.0 Å². The quantitative estimate of drug-likeness (QED) is 0.872. The van der Waals surface area contributed by atoms with Gasteiger partial charge < -0.3 is 10.1 Å². The van der Waals surface area contributed by atoms with Crippen molar-refractivity contribution >= 4 is 5.82 Å². The van der Waals surface area contributed by atoms with Gasteiger partial charge in [-0.2, -0.15) is 0 Å². The zero-order valence-corrected chi connectivity index (χ0v) is 10.1. The molecule has 0 spiro atoms. The Morgan fingerprint density at radius 2 is 2.06 bits per heavy atom. The molecule has 0 aromatic carbocycles. The molecule has 0 amide bonds. The molecule has 88 valence electrons. The number of pyridine rings is 1. The second kappa shape index (κ2) is 4.78. The smallest absolute Gasteiger partial charge is 0.137 e. The van der Waals surface area contributed by atoms with E-state index in [4.69, 9.17) is 4.74 Å². The molecule has 2 heterocycles. The van der Waals surface area contributed by atoms with Crippen LogP contribution in [0.1, 0.15) is 5.56 Å². The molecular weight excluding hydrogens is 216 g/mol. The van der Waals surface area contributed by atoms with E-state index in [9.17, 15) is 0 Å². The fraction of sp³-hybridized carbons (Fsp3) is 0.250. The molecule has 2 rings (SSSR count). The van der Waals surface area contributed by atoms with Crippen molar-refractivity contribution in [3.63, 3.8) is 0 Å². The van der Waals surface area contributed by atoms with Crippen molar-refractivity contribution in [2.75, 3.05) is 19.5 Å². The molecule has 0 aliphatic carbocycles. The average molecular weight is 230 g/mol. The molecule has 0 aliphatic heterocycles. The van der Waals surface area contributed by atoms with Gasteiger partial charge >= 0.3 is 0 Å². The van der Waals surface area contributed by atoms with Crippen LogP contribution in [0.3, 0.4) is 0 Å². The van der Waals surface area contributed by atoms with Crippen LogP contribution in [0.25, 0.3) is 11.3 Å². The summed E-state index contributed by atoms with van der Waals surface area (Å²) in [5, 5.41) is 3.03. The van der Waals surface area contributed by atoms with Crippen molar-refractivity contribution in [1.82, 2.24) is 15.0 Å². The molecule has 0 aliphatic rings. The van der Waals surface area contributed by atoms with Gasteiger partial charge in [0.1, 0.15) is 17.9 Å². The van der Waals surface area contributed by atoms with E-state index in [0.717, 1.165) is 22.6 Å². The third-order valence-corrected chi connectivity index (χ3v) is 2.54. The Bertz CT molecular complexity index is 528. The lowest BCUT2D eigenvalue weighted by Gasteiger charge is -2.09. The van der Waals surface area contributed by atoms with E-state index >= 15 is 0 Å². The number of nitrogens with one attached hydrogen (secondary N) is 1. The number of nitrogens with zero attached hydrogens (tertiary/aromatic N) is 3. The lowest BCUT2D eigenvalue weighted by Crippen LogP contribution is -1.99. The van der Waals surface area contributed by atoms with Crippen molar-refractivity contribution in [2.45, 2.75) is 6.92 Å². The third-order valence-electron chi connectivity index (χ3n) is 2.54. The van der Waals surface area contributed by atoms with Gasteiger partial charge in [-0.25, -0.2) is 9.97 Å². The van der Waals surface area contributed by atoms with E-state index in [2.05, 4.69) is 20.3 Å². The van der Waals surface area contributed by atoms with E-state index in [1.54, 1.807) is 19.5 Å². The number of methoxy groups -OCH3 is 1. The Morgan fingerprint density at radius 1 is 1.24 bits per heavy atom. The van der Waals surface area contributed by atoms with Gasteiger partial charge in [-0.3, -0.25) is 4.98 Å². The molecular formula is C12H14N4O. The molecule has 2 aromatic heterocycles. The van der Waals surface area contributed by atoms with Crippen molar-refractivity contribution in [3.05, 3.63) is 30.4 Å². The van der Waals surface area contributed by atoms with Crippen LogP contribution in [0.15, 0.2) is 24.8 Å². The van der Waals surface area contributed by atoms with Gasteiger partial charge in [-0.15, -0.1) is 0 Å². The summed E-state index contributed by atoms with van der Waals surface area (Å²) in [6.45, 7) is 1.97. The summed E-state index contributed by atoms with van der Waals surface area (Å²) in [5.41, 5.74) is 2.77. The largest absolute Gasteiger partial charge is 0.495 e. The lowest BCUT2D eigenvalue weighted by atomic mass is 10.1. The number of rotatable bonds is 3. The highest BCUT2D eigenvalue weighted by molar-refractivity contribution is 5.67. The maximum absolute atomic E-state index is 5.15. The number of hydrogen-bond acceptors (Lipinski definition) is 5. The molecule has 1 N–H and O–H groups in total. The number of anilines is 1. The van der Waals surface area contributed by atoms with Gasteiger partial charge in [0.05, 0.1) is 19.0 Å². The summed E-state index contributed by atoms with van der Waals surface area (Å²) >= 11 is 0. The Morgan fingerprint density at radius 3 is 2.76 bits per heavy atom. The van der Waals surface area contributed by atoms with Gasteiger partial charge in [0.25, 0.3) is 0 Å². The topological polar surface area (TPSA) is 59.9 Å². The normalized spacial score (nSPS) is 10.1. The minimum absolute atomic E-state index is 0.714. The molecule has 0 unspecified atom stereocenters. The summed E-state index contributed by atoms with van der Waals surface area (Å²) < 4.78 is 5.15. The third kappa shape index (κ3) is 2.18. The maximum atomic E-state index is 5.15. The molecule has 5 nitrogen and oxygen atoms in total. The van der Waals surface area contributed by atoms with Crippen LogP contribution >= 0.6 is 0 Å². The molecule has 17 heavy (non-hydrogen) atoms. The fourth-order valence-corrected chi connectivity index (χ4v) is 1.65. The first-order valence-corrected chi connectivity index (χ1v) is 5.25. The highest BCUT2D eigenvalue weighted by Gasteiger charge is 2.09. The van der Waals surface area contributed by atoms with Crippen molar-refractivity contribution in [1.29, 1.82) is 0 Å². The first kappa shape index (κ1) is 11.3. The molecule has 0 atom stereocenters. The zero-order valence-electron chi connectivity index (χ0n) is 10.1. The predicted molar refractivity (Wildman–Crippen MR) is 66.1 cm³/mol. The molecule has 0 radical (unpaired) electrons. The van der Waals surface area contributed by atoms with Crippen molar-refractivity contribution in [2.24, 2.45) is 0 Å². The summed E-state index contributed by atoms with van der Waals surface area (Å²) in [7, 11) is 3.45. The predicted octanol–water partition coefficient (Wildman–Crippen LogP) is 1.90. The molecule has 0 fully saturated rings. The van der Waals surface area contributed by atoms with Crippen molar-refractivity contribution < 1.29 is 4.74 Å². The van der Waals surface area contributed by atoms with E-state index < -0.39 is 0 Å². The Hall–Kier alpha value is -2.17. The van der Waals surface area contributed by atoms with Gasteiger partial charge in [-0.1, -0.05) is 0 Å². The summed E-state index contributed by atoms with van der Waals surface area (Å²) in [4.78, 5) is 12.6. The monoisotopic (exact) mass is 230 g/mol. The Kier molecular flexibility index (Phi) is 3.18. The molecule has 5 heteroatoms. The number of aromatic nitrogens is 3. The highest BCUT2D eigenvalue weighted by Crippen LogP contribution is 2.26. The Balaban J connectivity index is 2.52. The lowest BCUT2D eigenvalue weighted by molar-refractivity contribution is 0.413.